The van der Waals surface area contributed by atoms with Crippen molar-refractivity contribution >= 4 is 117 Å². The van der Waals surface area contributed by atoms with Gasteiger partial charge in [-0.05, 0) is 67.8 Å². The maximum atomic E-state index is 12.7. The fourth-order valence-corrected chi connectivity index (χ4v) is 8.52. The number of nitrogen functional groups attached to an aromatic ring is 1. The highest BCUT2D eigenvalue weighted by atomic mass is 32.3. The number of carbonyl (C=O) groups is 2. The van der Waals surface area contributed by atoms with Gasteiger partial charge in [0.25, 0.3) is 31.4 Å². The molecular formula is C34H33N13O17S4. The number of phenolic OH excluding ortho intramolecular Hbond substituents is 1. The van der Waals surface area contributed by atoms with Crippen molar-refractivity contribution in [3.05, 3.63) is 92.8 Å². The Kier molecular flexibility index (Phi) is 13.7. The highest BCUT2D eigenvalue weighted by Gasteiger charge is 2.30. The molecule has 0 fully saturated rings. The van der Waals surface area contributed by atoms with Crippen molar-refractivity contribution in [3.63, 3.8) is 0 Å². The van der Waals surface area contributed by atoms with Gasteiger partial charge in [-0.3, -0.25) is 29.3 Å². The Labute approximate surface area is 382 Å². The van der Waals surface area contributed by atoms with Crippen LogP contribution in [-0.2, 0) is 20.2 Å². The van der Waals surface area contributed by atoms with Gasteiger partial charge in [0.15, 0.2) is 5.75 Å². The van der Waals surface area contributed by atoms with Crippen LogP contribution in [0.15, 0.2) is 110 Å². The van der Waals surface area contributed by atoms with Crippen molar-refractivity contribution in [2.45, 2.75) is 33.4 Å². The molecule has 6 rings (SSSR count). The number of rotatable bonds is 12. The third kappa shape index (κ3) is 11.7. The summed E-state index contributed by atoms with van der Waals surface area (Å²) in [4.78, 5) is 57.2. The molecule has 6 aromatic rings. The van der Waals surface area contributed by atoms with E-state index in [-0.39, 0.29) is 23.3 Å². The number of amides is 4. The predicted molar refractivity (Wildman–Crippen MR) is 243 cm³/mol. The summed E-state index contributed by atoms with van der Waals surface area (Å²) < 4.78 is 132. The number of azo groups is 2. The summed E-state index contributed by atoms with van der Waals surface area (Å²) in [6, 6.07) is 6.71. The number of urea groups is 2. The van der Waals surface area contributed by atoms with Gasteiger partial charge in [-0.25, -0.2) is 9.59 Å². The Hall–Kier alpha value is -7.48. The third-order valence-corrected chi connectivity index (χ3v) is 12.2. The number of fused-ring (bicyclic) bond motifs is 1. The van der Waals surface area contributed by atoms with Crippen molar-refractivity contribution in [2.75, 3.05) is 27.0 Å². The molecular weight excluding hydrogens is 991 g/mol. The van der Waals surface area contributed by atoms with E-state index in [1.807, 2.05) is 0 Å². The lowest BCUT2D eigenvalue weighted by Crippen LogP contribution is -2.23. The fourth-order valence-electron chi connectivity index (χ4n) is 5.94. The van der Waals surface area contributed by atoms with Crippen molar-refractivity contribution < 1.29 is 68.0 Å². The molecule has 360 valence electrons. The minimum absolute atomic E-state index is 0.206. The number of aromatic nitrogens is 4. The van der Waals surface area contributed by atoms with Gasteiger partial charge >= 0.3 is 12.1 Å². The molecule has 34 heteroatoms. The molecule has 0 bridgehead atoms. The first-order valence-corrected chi connectivity index (χ1v) is 23.9. The number of benzene rings is 4. The standard InChI is InChI=1S/C34H33N13O17S4/c1-13-7-24(48)40-31(36-13)42-33(51)38-16-3-5-20(65(53,54)55)18(11-16)44-46-28-22(67(59,60)61)9-15-10-23(68(62,63)64)29(30(50)26(15)27(28)35)47-45-19-12-17(4-6-21(19)66(56,57)58)39-34(52)43-32-37-14(2)8-25(49)41-32/h3-12,50,53-55,62-64H,35H2,1-2H3,(H,56,57,58)(H,59,60,61)(H3,36,38,40,42,48,51)(H3,37,39,41,43,49,52). The largest absolute Gasteiger partial charge is 0.505 e. The number of H-pyrrole nitrogens is 2. The van der Waals surface area contributed by atoms with Crippen molar-refractivity contribution in [3.8, 4) is 5.75 Å². The molecule has 4 aromatic carbocycles. The second-order valence-corrected chi connectivity index (χ2v) is 19.5. The third-order valence-electron chi connectivity index (χ3n) is 8.63. The van der Waals surface area contributed by atoms with Gasteiger partial charge < -0.3 is 58.8 Å². The Morgan fingerprint density at radius 3 is 1.44 bits per heavy atom. The number of hydrogen-bond donors (Lipinski definition) is 16. The van der Waals surface area contributed by atoms with Crippen LogP contribution in [0.3, 0.4) is 0 Å². The summed E-state index contributed by atoms with van der Waals surface area (Å²) >= 11 is 0. The summed E-state index contributed by atoms with van der Waals surface area (Å²) in [6.07, 6.45) is 0. The minimum atomic E-state index is -5.43. The quantitative estimate of drug-likeness (QED) is 0.0345. The maximum Gasteiger partial charge on any atom is 0.326 e. The number of hydrogen-bond acceptors (Lipinski definition) is 22. The first-order valence-electron chi connectivity index (χ1n) is 18.0. The maximum absolute atomic E-state index is 12.7. The molecule has 0 radical (unpaired) electrons. The smallest absolute Gasteiger partial charge is 0.326 e. The molecule has 68 heavy (non-hydrogen) atoms. The zero-order valence-corrected chi connectivity index (χ0v) is 37.2. The van der Waals surface area contributed by atoms with E-state index in [0.29, 0.717) is 23.5 Å². The molecule has 4 amide bonds. The highest BCUT2D eigenvalue weighted by molar-refractivity contribution is 8.19. The number of phenols is 1. The van der Waals surface area contributed by atoms with E-state index in [0.717, 1.165) is 48.5 Å². The first kappa shape index (κ1) is 49.9. The topological polar surface area (TPSA) is 500 Å². The Morgan fingerprint density at radius 2 is 1.00 bits per heavy atom. The summed E-state index contributed by atoms with van der Waals surface area (Å²) in [6.45, 7) is 3.01. The predicted octanol–water partition coefficient (Wildman–Crippen LogP) is 6.69. The molecule has 2 aromatic heterocycles. The zero-order valence-electron chi connectivity index (χ0n) is 34.0. The fraction of sp³-hybridized carbons (Fsp3) is 0.0588. The van der Waals surface area contributed by atoms with Gasteiger partial charge in [-0.15, -0.1) is 20.5 Å². The molecule has 0 spiro atoms. The van der Waals surface area contributed by atoms with Crippen LogP contribution in [0.1, 0.15) is 11.4 Å². The monoisotopic (exact) mass is 1020 g/mol. The van der Waals surface area contributed by atoms with Crippen LogP contribution >= 0.6 is 21.7 Å². The van der Waals surface area contributed by atoms with Crippen LogP contribution in [-0.4, -0.2) is 90.4 Å². The SMILES string of the molecule is Cc1cc(=O)nc(NC(=O)Nc2ccc(S(O)(O)O)c(N=Nc3c(S(=O)(=O)O)cc4cc(S(O)(O)O)c(N=Nc5cc(NC(=O)Nc6nc(=O)cc(C)[nH]6)ccc5S(=O)(=O)O)c(O)c4c3N)c2)[nH]1. The lowest BCUT2D eigenvalue weighted by molar-refractivity contribution is 0.261. The second-order valence-electron chi connectivity index (χ2n) is 13.7. The van der Waals surface area contributed by atoms with E-state index < -0.39 is 130 Å². The number of aryl methyl sites for hydroxylation is 2. The van der Waals surface area contributed by atoms with Gasteiger partial charge in [0, 0.05) is 34.9 Å². The molecule has 0 unspecified atom stereocenters. The average Bonchev–Trinajstić information content (AvgIpc) is 3.17. The van der Waals surface area contributed by atoms with Crippen LogP contribution in [0.5, 0.6) is 5.75 Å². The summed E-state index contributed by atoms with van der Waals surface area (Å²) in [5.41, 5.74) is 0.555. The summed E-state index contributed by atoms with van der Waals surface area (Å²) in [5, 5.41) is 34.1. The van der Waals surface area contributed by atoms with Crippen molar-refractivity contribution in [1.82, 2.24) is 19.9 Å². The molecule has 0 aliphatic heterocycles. The Morgan fingerprint density at radius 1 is 0.574 bits per heavy atom. The molecule has 0 atom stereocenters. The average molecular weight is 1020 g/mol. The highest BCUT2D eigenvalue weighted by Crippen LogP contribution is 2.57. The van der Waals surface area contributed by atoms with E-state index in [4.69, 9.17) is 5.73 Å². The Balaban J connectivity index is 1.46. The lowest BCUT2D eigenvalue weighted by atomic mass is 10.1. The van der Waals surface area contributed by atoms with Crippen LogP contribution in [0, 0.1) is 13.8 Å². The number of aromatic amines is 2. The van der Waals surface area contributed by atoms with E-state index in [1.165, 1.54) is 13.8 Å². The second kappa shape index (κ2) is 18.7. The lowest BCUT2D eigenvalue weighted by Gasteiger charge is -2.23. The number of aromatic hydroxyl groups is 1. The molecule has 2 heterocycles. The van der Waals surface area contributed by atoms with Crippen molar-refractivity contribution in [1.29, 1.82) is 0 Å². The summed E-state index contributed by atoms with van der Waals surface area (Å²) in [5.74, 6) is -1.82. The van der Waals surface area contributed by atoms with Gasteiger partial charge in [0.2, 0.25) is 11.9 Å². The van der Waals surface area contributed by atoms with Crippen LogP contribution in [0.2, 0.25) is 0 Å². The Bertz CT molecular complexity index is 3480. The molecule has 0 saturated heterocycles. The van der Waals surface area contributed by atoms with E-state index in [2.05, 4.69) is 61.7 Å². The van der Waals surface area contributed by atoms with E-state index in [1.54, 1.807) is 0 Å². The number of anilines is 5. The number of nitrogens with two attached hydrogens (primary N) is 1. The number of nitrogens with one attached hydrogen (secondary N) is 6. The van der Waals surface area contributed by atoms with Gasteiger partial charge in [-0.2, -0.15) is 26.8 Å². The first-order chi connectivity index (χ1) is 31.5. The molecule has 0 aliphatic rings. The van der Waals surface area contributed by atoms with Crippen LogP contribution < -0.4 is 38.1 Å². The van der Waals surface area contributed by atoms with Gasteiger partial charge in [0.05, 0.1) is 20.9 Å². The number of nitrogens with zero attached hydrogens (tertiary/aromatic N) is 6. The van der Waals surface area contributed by atoms with Gasteiger partial charge in [0.1, 0.15) is 54.3 Å². The minimum Gasteiger partial charge on any atom is -0.505 e. The normalized spacial score (nSPS) is 12.9. The van der Waals surface area contributed by atoms with Crippen LogP contribution in [0.25, 0.3) is 10.8 Å². The molecule has 0 saturated carbocycles. The number of carbonyl (C=O) groups excluding carboxylic acids is 2. The molecule has 0 aliphatic carbocycles. The van der Waals surface area contributed by atoms with Gasteiger partial charge in [-0.1, -0.05) is 0 Å². The summed E-state index contributed by atoms with van der Waals surface area (Å²) in [7, 11) is -20.3. The van der Waals surface area contributed by atoms with E-state index in [9.17, 15) is 77.5 Å². The molecule has 30 nitrogen and oxygen atoms in total. The van der Waals surface area contributed by atoms with Crippen molar-refractivity contribution in [2.24, 2.45) is 20.5 Å². The van der Waals surface area contributed by atoms with E-state index >= 15 is 0 Å². The molecule has 17 N–H and O–H groups in total. The zero-order chi connectivity index (χ0) is 50.3. The van der Waals surface area contributed by atoms with Crippen LogP contribution in [0.4, 0.5) is 61.3 Å².